The Kier molecular flexibility index (Phi) is 6.74. The predicted molar refractivity (Wildman–Crippen MR) is 75.3 cm³/mol. The van der Waals surface area contributed by atoms with E-state index >= 15 is 0 Å². The zero-order valence-electron chi connectivity index (χ0n) is 11.7. The SMILES string of the molecule is CNCCCC(=O)NCC1CCCC1NS(C)(=O)=O. The van der Waals surface area contributed by atoms with Crippen molar-refractivity contribution in [1.82, 2.24) is 15.4 Å². The van der Waals surface area contributed by atoms with Gasteiger partial charge in [0.2, 0.25) is 15.9 Å². The molecular formula is C12H25N3O3S. The van der Waals surface area contributed by atoms with Crippen LogP contribution in [0.2, 0.25) is 0 Å². The van der Waals surface area contributed by atoms with Crippen molar-refractivity contribution >= 4 is 15.9 Å². The third kappa shape index (κ3) is 6.89. The number of sulfonamides is 1. The zero-order chi connectivity index (χ0) is 14.3. The lowest BCUT2D eigenvalue weighted by molar-refractivity contribution is -0.121. The lowest BCUT2D eigenvalue weighted by Crippen LogP contribution is -2.41. The highest BCUT2D eigenvalue weighted by molar-refractivity contribution is 7.88. The molecular weight excluding hydrogens is 266 g/mol. The van der Waals surface area contributed by atoms with Gasteiger partial charge in [0.1, 0.15) is 0 Å². The fraction of sp³-hybridized carbons (Fsp3) is 0.917. The maximum absolute atomic E-state index is 11.6. The van der Waals surface area contributed by atoms with Crippen molar-refractivity contribution in [3.8, 4) is 0 Å². The molecule has 0 bridgehead atoms. The molecule has 0 aromatic heterocycles. The minimum absolute atomic E-state index is 0.0346. The van der Waals surface area contributed by atoms with Crippen molar-refractivity contribution in [2.75, 3.05) is 26.4 Å². The minimum atomic E-state index is -3.17. The van der Waals surface area contributed by atoms with E-state index in [1.165, 1.54) is 6.26 Å². The molecule has 7 heteroatoms. The smallest absolute Gasteiger partial charge is 0.220 e. The normalized spacial score (nSPS) is 23.5. The lowest BCUT2D eigenvalue weighted by Gasteiger charge is -2.20. The van der Waals surface area contributed by atoms with Gasteiger partial charge in [0, 0.05) is 19.0 Å². The summed E-state index contributed by atoms with van der Waals surface area (Å²) in [7, 11) is -1.31. The van der Waals surface area contributed by atoms with Crippen LogP contribution in [0.1, 0.15) is 32.1 Å². The van der Waals surface area contributed by atoms with Crippen molar-refractivity contribution in [2.45, 2.75) is 38.1 Å². The second-order valence-electron chi connectivity index (χ2n) is 5.20. The monoisotopic (exact) mass is 291 g/mol. The molecule has 1 fully saturated rings. The van der Waals surface area contributed by atoms with Gasteiger partial charge in [-0.3, -0.25) is 4.79 Å². The Morgan fingerprint density at radius 3 is 2.68 bits per heavy atom. The van der Waals surface area contributed by atoms with Crippen molar-refractivity contribution in [3.05, 3.63) is 0 Å². The molecule has 1 amide bonds. The Labute approximate surface area is 115 Å². The third-order valence-corrected chi connectivity index (χ3v) is 4.15. The highest BCUT2D eigenvalue weighted by atomic mass is 32.2. The summed E-state index contributed by atoms with van der Waals surface area (Å²) in [6, 6.07) is -0.0346. The van der Waals surface area contributed by atoms with Crippen LogP contribution in [-0.2, 0) is 14.8 Å². The van der Waals surface area contributed by atoms with Gasteiger partial charge in [-0.05, 0) is 38.8 Å². The fourth-order valence-corrected chi connectivity index (χ4v) is 3.33. The fourth-order valence-electron chi connectivity index (χ4n) is 2.47. The van der Waals surface area contributed by atoms with Crippen LogP contribution >= 0.6 is 0 Å². The van der Waals surface area contributed by atoms with Crippen molar-refractivity contribution < 1.29 is 13.2 Å². The second-order valence-corrected chi connectivity index (χ2v) is 6.98. The first-order valence-electron chi connectivity index (χ1n) is 6.81. The van der Waals surface area contributed by atoms with Crippen LogP contribution in [0.15, 0.2) is 0 Å². The Bertz CT molecular complexity index is 384. The van der Waals surface area contributed by atoms with Gasteiger partial charge >= 0.3 is 0 Å². The standard InChI is InChI=1S/C12H25N3O3S/c1-13-8-4-7-12(16)14-9-10-5-3-6-11(10)15-19(2,17)18/h10-11,13,15H,3-9H2,1-2H3,(H,14,16). The molecule has 6 nitrogen and oxygen atoms in total. The molecule has 3 N–H and O–H groups in total. The van der Waals surface area contributed by atoms with Gasteiger partial charge in [0.15, 0.2) is 0 Å². The van der Waals surface area contributed by atoms with Gasteiger partial charge in [-0.15, -0.1) is 0 Å². The molecule has 1 rings (SSSR count). The first kappa shape index (κ1) is 16.4. The Balaban J connectivity index is 2.29. The summed E-state index contributed by atoms with van der Waals surface area (Å²) in [4.78, 5) is 11.6. The highest BCUT2D eigenvalue weighted by Crippen LogP contribution is 2.25. The van der Waals surface area contributed by atoms with Gasteiger partial charge in [-0.25, -0.2) is 13.1 Å². The molecule has 0 aliphatic heterocycles. The van der Waals surface area contributed by atoms with Crippen molar-refractivity contribution in [3.63, 3.8) is 0 Å². The van der Waals surface area contributed by atoms with Crippen LogP contribution < -0.4 is 15.4 Å². The zero-order valence-corrected chi connectivity index (χ0v) is 12.6. The number of amides is 1. The minimum Gasteiger partial charge on any atom is -0.356 e. The molecule has 0 heterocycles. The van der Waals surface area contributed by atoms with E-state index in [1.807, 2.05) is 7.05 Å². The average Bonchev–Trinajstić information content (AvgIpc) is 2.72. The van der Waals surface area contributed by atoms with E-state index in [4.69, 9.17) is 0 Å². The second kappa shape index (κ2) is 7.81. The van der Waals surface area contributed by atoms with E-state index in [2.05, 4.69) is 15.4 Å². The number of carbonyl (C=O) groups is 1. The van der Waals surface area contributed by atoms with Gasteiger partial charge in [0.25, 0.3) is 0 Å². The number of hydrogen-bond acceptors (Lipinski definition) is 4. The van der Waals surface area contributed by atoms with Gasteiger partial charge in [0.05, 0.1) is 6.26 Å². The van der Waals surface area contributed by atoms with Crippen molar-refractivity contribution in [2.24, 2.45) is 5.92 Å². The largest absolute Gasteiger partial charge is 0.356 e. The Morgan fingerprint density at radius 2 is 2.05 bits per heavy atom. The molecule has 2 atom stereocenters. The van der Waals surface area contributed by atoms with Crippen LogP contribution in [0.3, 0.4) is 0 Å². The lowest BCUT2D eigenvalue weighted by atomic mass is 10.0. The van der Waals surface area contributed by atoms with E-state index in [9.17, 15) is 13.2 Å². The Morgan fingerprint density at radius 1 is 1.32 bits per heavy atom. The maximum atomic E-state index is 11.6. The number of nitrogens with one attached hydrogen (secondary N) is 3. The molecule has 0 saturated heterocycles. The first-order chi connectivity index (χ1) is 8.92. The summed E-state index contributed by atoms with van der Waals surface area (Å²) >= 11 is 0. The van der Waals surface area contributed by atoms with Crippen molar-refractivity contribution in [1.29, 1.82) is 0 Å². The molecule has 1 aliphatic rings. The van der Waals surface area contributed by atoms with E-state index < -0.39 is 10.0 Å². The van der Waals surface area contributed by atoms with Crippen LogP contribution in [0.4, 0.5) is 0 Å². The topological polar surface area (TPSA) is 87.3 Å². The van der Waals surface area contributed by atoms with Gasteiger partial charge < -0.3 is 10.6 Å². The summed E-state index contributed by atoms with van der Waals surface area (Å²) in [6.45, 7) is 1.39. The number of rotatable bonds is 8. The molecule has 2 unspecified atom stereocenters. The number of carbonyl (C=O) groups excluding carboxylic acids is 1. The van der Waals surface area contributed by atoms with Gasteiger partial charge in [-0.1, -0.05) is 6.42 Å². The summed E-state index contributed by atoms with van der Waals surface area (Å²) in [6.07, 6.45) is 5.33. The average molecular weight is 291 g/mol. The predicted octanol–water partition coefficient (Wildman–Crippen LogP) is -0.180. The van der Waals surface area contributed by atoms with Crippen LogP contribution in [-0.4, -0.2) is 46.8 Å². The molecule has 1 aliphatic carbocycles. The van der Waals surface area contributed by atoms with Gasteiger partial charge in [-0.2, -0.15) is 0 Å². The number of hydrogen-bond donors (Lipinski definition) is 3. The summed E-state index contributed by atoms with van der Waals surface area (Å²) in [5, 5.41) is 5.89. The quantitative estimate of drug-likeness (QED) is 0.541. The summed E-state index contributed by atoms with van der Waals surface area (Å²) in [5.41, 5.74) is 0. The first-order valence-corrected chi connectivity index (χ1v) is 8.70. The maximum Gasteiger partial charge on any atom is 0.220 e. The van der Waals surface area contributed by atoms with E-state index in [1.54, 1.807) is 0 Å². The van der Waals surface area contributed by atoms with Crippen LogP contribution in [0.25, 0.3) is 0 Å². The van der Waals surface area contributed by atoms with E-state index in [-0.39, 0.29) is 17.9 Å². The van der Waals surface area contributed by atoms with Crippen LogP contribution in [0, 0.1) is 5.92 Å². The molecule has 0 aromatic carbocycles. The molecule has 1 saturated carbocycles. The Hall–Kier alpha value is -0.660. The van der Waals surface area contributed by atoms with Crippen LogP contribution in [0.5, 0.6) is 0 Å². The molecule has 19 heavy (non-hydrogen) atoms. The summed E-state index contributed by atoms with van der Waals surface area (Å²) < 4.78 is 25.1. The third-order valence-electron chi connectivity index (χ3n) is 3.42. The molecule has 0 aromatic rings. The summed E-state index contributed by atoms with van der Waals surface area (Å²) in [5.74, 6) is 0.253. The van der Waals surface area contributed by atoms with E-state index in [0.717, 1.165) is 32.2 Å². The highest BCUT2D eigenvalue weighted by Gasteiger charge is 2.29. The molecule has 0 radical (unpaired) electrons. The van der Waals surface area contributed by atoms with E-state index in [0.29, 0.717) is 13.0 Å². The molecule has 0 spiro atoms. The molecule has 112 valence electrons.